The second-order valence-corrected chi connectivity index (χ2v) is 10.6. The minimum Gasteiger partial charge on any atom is -0.421 e. The first kappa shape index (κ1) is 27.1. The predicted molar refractivity (Wildman–Crippen MR) is 161 cm³/mol. The van der Waals surface area contributed by atoms with E-state index in [-0.39, 0.29) is 11.4 Å². The number of fused-ring (bicyclic) bond motifs is 1. The predicted octanol–water partition coefficient (Wildman–Crippen LogP) is 7.52. The van der Waals surface area contributed by atoms with Crippen LogP contribution in [0.4, 0.5) is 0 Å². The van der Waals surface area contributed by atoms with Crippen LogP contribution in [0.1, 0.15) is 37.5 Å². The SMILES string of the molecule is Cc1ccc(C(=O)Oc2c(Br)cc(Br)cc2C=NNC(=O)c2[nH]c3c(C#N)cccc3c2-c2ccccc2)cc1. The van der Waals surface area contributed by atoms with Gasteiger partial charge in [0.25, 0.3) is 5.91 Å². The van der Waals surface area contributed by atoms with Gasteiger partial charge in [-0.3, -0.25) is 4.79 Å². The van der Waals surface area contributed by atoms with Crippen molar-refractivity contribution in [3.05, 3.63) is 122 Å². The van der Waals surface area contributed by atoms with Crippen molar-refractivity contribution in [2.75, 3.05) is 0 Å². The molecule has 5 aromatic rings. The summed E-state index contributed by atoms with van der Waals surface area (Å²) in [6.07, 6.45) is 1.40. The number of esters is 1. The van der Waals surface area contributed by atoms with Gasteiger partial charge in [-0.1, -0.05) is 76.1 Å². The molecule has 5 rings (SSSR count). The molecule has 0 saturated heterocycles. The number of carbonyl (C=O) groups is 2. The van der Waals surface area contributed by atoms with E-state index in [2.05, 4.69) is 53.4 Å². The smallest absolute Gasteiger partial charge is 0.343 e. The number of aromatic amines is 1. The molecule has 7 nitrogen and oxygen atoms in total. The topological polar surface area (TPSA) is 107 Å². The molecule has 0 aliphatic heterocycles. The number of hydrogen-bond donors (Lipinski definition) is 2. The van der Waals surface area contributed by atoms with E-state index in [1.165, 1.54) is 6.21 Å². The van der Waals surface area contributed by atoms with Gasteiger partial charge >= 0.3 is 5.97 Å². The molecule has 1 aromatic heterocycles. The number of benzene rings is 4. The quantitative estimate of drug-likeness (QED) is 0.0854. The Morgan fingerprint density at radius 1 is 1.00 bits per heavy atom. The number of amides is 1. The van der Waals surface area contributed by atoms with Crippen molar-refractivity contribution in [1.82, 2.24) is 10.4 Å². The maximum Gasteiger partial charge on any atom is 0.343 e. The van der Waals surface area contributed by atoms with Crippen molar-refractivity contribution in [2.45, 2.75) is 6.92 Å². The first-order chi connectivity index (χ1) is 19.4. The maximum absolute atomic E-state index is 13.4. The van der Waals surface area contributed by atoms with Gasteiger partial charge in [-0.15, -0.1) is 0 Å². The first-order valence-corrected chi connectivity index (χ1v) is 13.7. The summed E-state index contributed by atoms with van der Waals surface area (Å²) in [7, 11) is 0. The number of para-hydroxylation sites is 1. The van der Waals surface area contributed by atoms with Crippen molar-refractivity contribution >= 4 is 60.9 Å². The molecule has 0 aliphatic carbocycles. The van der Waals surface area contributed by atoms with Crippen LogP contribution in [0.3, 0.4) is 0 Å². The molecule has 1 amide bonds. The van der Waals surface area contributed by atoms with Crippen LogP contribution in [0.2, 0.25) is 0 Å². The molecule has 0 fully saturated rings. The van der Waals surface area contributed by atoms with Crippen LogP contribution in [-0.2, 0) is 0 Å². The van der Waals surface area contributed by atoms with Crippen molar-refractivity contribution < 1.29 is 14.3 Å². The van der Waals surface area contributed by atoms with Crippen molar-refractivity contribution in [2.24, 2.45) is 5.10 Å². The van der Waals surface area contributed by atoms with E-state index in [0.717, 1.165) is 16.5 Å². The summed E-state index contributed by atoms with van der Waals surface area (Å²) in [6, 6.07) is 27.5. The Balaban J connectivity index is 1.46. The second kappa shape index (κ2) is 11.7. The molecule has 0 saturated carbocycles. The Labute approximate surface area is 246 Å². The average molecular weight is 656 g/mol. The lowest BCUT2D eigenvalue weighted by atomic mass is 10.0. The normalized spacial score (nSPS) is 10.9. The third-order valence-corrected chi connectivity index (χ3v) is 7.18. The third kappa shape index (κ3) is 5.59. The van der Waals surface area contributed by atoms with Crippen LogP contribution in [0, 0.1) is 18.3 Å². The number of rotatable bonds is 6. The van der Waals surface area contributed by atoms with Crippen LogP contribution in [0.5, 0.6) is 5.75 Å². The number of aromatic nitrogens is 1. The van der Waals surface area contributed by atoms with E-state index < -0.39 is 11.9 Å². The molecule has 196 valence electrons. The zero-order chi connectivity index (χ0) is 28.2. The summed E-state index contributed by atoms with van der Waals surface area (Å²) in [4.78, 5) is 29.3. The number of nitrogens with zero attached hydrogens (tertiary/aromatic N) is 2. The number of nitriles is 1. The average Bonchev–Trinajstić information content (AvgIpc) is 3.35. The molecule has 9 heteroatoms. The molecule has 0 bridgehead atoms. The van der Waals surface area contributed by atoms with E-state index >= 15 is 0 Å². The summed E-state index contributed by atoms with van der Waals surface area (Å²) in [5.41, 5.74) is 7.19. The number of carbonyl (C=O) groups excluding carboxylic acids is 2. The number of ether oxygens (including phenoxy) is 1. The largest absolute Gasteiger partial charge is 0.421 e. The second-order valence-electron chi connectivity index (χ2n) is 8.84. The number of hydrazone groups is 1. The van der Waals surface area contributed by atoms with Gasteiger partial charge in [0, 0.05) is 21.0 Å². The van der Waals surface area contributed by atoms with Gasteiger partial charge in [0.15, 0.2) is 5.75 Å². The minimum absolute atomic E-state index is 0.251. The van der Waals surface area contributed by atoms with Gasteiger partial charge in [-0.05, 0) is 58.7 Å². The highest BCUT2D eigenvalue weighted by Gasteiger charge is 2.21. The third-order valence-electron chi connectivity index (χ3n) is 6.13. The molecule has 0 spiro atoms. The van der Waals surface area contributed by atoms with E-state index in [0.29, 0.717) is 36.7 Å². The summed E-state index contributed by atoms with van der Waals surface area (Å²) >= 11 is 6.89. The standard InChI is InChI=1S/C31H20Br2N4O3/c1-18-10-12-20(13-11-18)31(39)40-29-22(14-23(32)15-25(29)33)17-35-37-30(38)28-26(19-6-3-2-4-7-19)24-9-5-8-21(16-34)27(24)36-28/h2-15,17,36H,1H3,(H,37,38). The lowest BCUT2D eigenvalue weighted by Crippen LogP contribution is -2.19. The highest BCUT2D eigenvalue weighted by atomic mass is 79.9. The van der Waals surface area contributed by atoms with Crippen LogP contribution in [0.25, 0.3) is 22.0 Å². The van der Waals surface area contributed by atoms with E-state index in [4.69, 9.17) is 4.74 Å². The van der Waals surface area contributed by atoms with Gasteiger partial charge in [0.1, 0.15) is 11.8 Å². The summed E-state index contributed by atoms with van der Waals surface area (Å²) in [5, 5.41) is 14.5. The van der Waals surface area contributed by atoms with Crippen molar-refractivity contribution in [1.29, 1.82) is 5.26 Å². The van der Waals surface area contributed by atoms with E-state index in [1.54, 1.807) is 36.4 Å². The zero-order valence-corrected chi connectivity index (χ0v) is 24.2. The highest BCUT2D eigenvalue weighted by Crippen LogP contribution is 2.35. The number of H-pyrrole nitrogens is 1. The van der Waals surface area contributed by atoms with Gasteiger partial charge in [-0.2, -0.15) is 10.4 Å². The van der Waals surface area contributed by atoms with Crippen molar-refractivity contribution in [3.8, 4) is 22.9 Å². The van der Waals surface area contributed by atoms with Crippen LogP contribution in [-0.4, -0.2) is 23.1 Å². The molecule has 1 heterocycles. The highest BCUT2D eigenvalue weighted by molar-refractivity contribution is 9.11. The summed E-state index contributed by atoms with van der Waals surface area (Å²) < 4.78 is 6.94. The molecule has 0 radical (unpaired) electrons. The molecule has 2 N–H and O–H groups in total. The first-order valence-electron chi connectivity index (χ1n) is 12.1. The lowest BCUT2D eigenvalue weighted by Gasteiger charge is -2.11. The Hall–Kier alpha value is -4.52. The summed E-state index contributed by atoms with van der Waals surface area (Å²) in [5.74, 6) is -0.774. The van der Waals surface area contributed by atoms with Gasteiger partial charge in [-0.25, -0.2) is 10.2 Å². The molecular weight excluding hydrogens is 636 g/mol. The van der Waals surface area contributed by atoms with Crippen LogP contribution >= 0.6 is 31.9 Å². The number of nitrogens with one attached hydrogen (secondary N) is 2. The van der Waals surface area contributed by atoms with Crippen LogP contribution < -0.4 is 10.2 Å². The van der Waals surface area contributed by atoms with E-state index in [9.17, 15) is 14.9 Å². The van der Waals surface area contributed by atoms with Gasteiger partial charge < -0.3 is 9.72 Å². The van der Waals surface area contributed by atoms with E-state index in [1.807, 2.05) is 55.5 Å². The number of aryl methyl sites for hydroxylation is 1. The Morgan fingerprint density at radius 3 is 2.48 bits per heavy atom. The minimum atomic E-state index is -0.527. The fourth-order valence-corrected chi connectivity index (χ4v) is 5.57. The lowest BCUT2D eigenvalue weighted by molar-refractivity contribution is 0.0733. The van der Waals surface area contributed by atoms with Crippen molar-refractivity contribution in [3.63, 3.8) is 0 Å². The zero-order valence-electron chi connectivity index (χ0n) is 21.0. The summed E-state index contributed by atoms with van der Waals surface area (Å²) in [6.45, 7) is 1.93. The Bertz CT molecular complexity index is 1820. The fourth-order valence-electron chi connectivity index (χ4n) is 4.23. The molecule has 40 heavy (non-hydrogen) atoms. The Morgan fingerprint density at radius 2 is 1.75 bits per heavy atom. The molecule has 4 aromatic carbocycles. The number of halogens is 2. The Kier molecular flexibility index (Phi) is 7.91. The maximum atomic E-state index is 13.4. The molecular formula is C31H20Br2N4O3. The van der Waals surface area contributed by atoms with Gasteiger partial charge in [0.2, 0.25) is 0 Å². The monoisotopic (exact) mass is 654 g/mol. The molecule has 0 atom stereocenters. The number of hydrogen-bond acceptors (Lipinski definition) is 5. The van der Waals surface area contributed by atoms with Crippen LogP contribution in [0.15, 0.2) is 99.0 Å². The fraction of sp³-hybridized carbons (Fsp3) is 0.0323. The van der Waals surface area contributed by atoms with Gasteiger partial charge in [0.05, 0.1) is 27.3 Å². The molecule has 0 aliphatic rings. The molecule has 0 unspecified atom stereocenters.